The first-order valence-electron chi connectivity index (χ1n) is 9.35. The van der Waals surface area contributed by atoms with Crippen LogP contribution in [-0.2, 0) is 14.3 Å². The van der Waals surface area contributed by atoms with E-state index in [0.29, 0.717) is 19.8 Å². The number of thioether (sulfide) groups is 1. The summed E-state index contributed by atoms with van der Waals surface area (Å²) >= 11 is 1.74. The molecule has 1 aliphatic rings. The molecule has 1 heterocycles. The summed E-state index contributed by atoms with van der Waals surface area (Å²) < 4.78 is 10.3. The van der Waals surface area contributed by atoms with E-state index in [1.165, 1.54) is 6.08 Å². The second kappa shape index (κ2) is 10.6. The molecule has 0 spiro atoms. The highest BCUT2D eigenvalue weighted by molar-refractivity contribution is 7.99. The highest BCUT2D eigenvalue weighted by Gasteiger charge is 2.35. The Kier molecular flexibility index (Phi) is 8.54. The molecule has 0 atom stereocenters. The van der Waals surface area contributed by atoms with Crippen molar-refractivity contribution in [2.75, 3.05) is 38.7 Å². The minimum absolute atomic E-state index is 0.144. The molecule has 27 heavy (non-hydrogen) atoms. The van der Waals surface area contributed by atoms with Crippen LogP contribution in [-0.4, -0.2) is 60.9 Å². The predicted molar refractivity (Wildman–Crippen MR) is 108 cm³/mol. The largest absolute Gasteiger partial charge is 0.463 e. The molecule has 0 bridgehead atoms. The van der Waals surface area contributed by atoms with Gasteiger partial charge in [-0.05, 0) is 44.6 Å². The number of carbonyl (C=O) groups excluding carboxylic acids is 2. The van der Waals surface area contributed by atoms with E-state index in [2.05, 4.69) is 11.5 Å². The number of rotatable bonds is 10. The lowest BCUT2D eigenvalue weighted by Gasteiger charge is -2.39. The number of carbonyl (C=O) groups is 2. The average Bonchev–Trinajstić information content (AvgIpc) is 2.70. The van der Waals surface area contributed by atoms with Gasteiger partial charge in [0.15, 0.2) is 5.78 Å². The number of ketones is 1. The van der Waals surface area contributed by atoms with E-state index in [4.69, 9.17) is 9.47 Å². The molecule has 0 radical (unpaired) electrons. The number of benzene rings is 1. The van der Waals surface area contributed by atoms with Crippen LogP contribution in [0.5, 0.6) is 0 Å². The van der Waals surface area contributed by atoms with Crippen LogP contribution in [0.2, 0.25) is 0 Å². The van der Waals surface area contributed by atoms with Crippen LogP contribution in [0.4, 0.5) is 0 Å². The van der Waals surface area contributed by atoms with E-state index in [1.54, 1.807) is 11.8 Å². The van der Waals surface area contributed by atoms with Crippen molar-refractivity contribution in [2.24, 2.45) is 0 Å². The van der Waals surface area contributed by atoms with Gasteiger partial charge in [-0.25, -0.2) is 4.79 Å². The Morgan fingerprint density at radius 2 is 1.89 bits per heavy atom. The first-order chi connectivity index (χ1) is 12.9. The van der Waals surface area contributed by atoms with Crippen LogP contribution in [0.1, 0.15) is 37.0 Å². The van der Waals surface area contributed by atoms with E-state index in [1.807, 2.05) is 38.1 Å². The van der Waals surface area contributed by atoms with Crippen LogP contribution in [0.25, 0.3) is 0 Å². The minimum Gasteiger partial charge on any atom is -0.463 e. The van der Waals surface area contributed by atoms with Crippen molar-refractivity contribution >= 4 is 23.5 Å². The van der Waals surface area contributed by atoms with Crippen molar-refractivity contribution in [3.8, 4) is 0 Å². The van der Waals surface area contributed by atoms with Gasteiger partial charge >= 0.3 is 5.97 Å². The molecule has 1 saturated heterocycles. The second-order valence-corrected chi connectivity index (χ2v) is 8.11. The highest BCUT2D eigenvalue weighted by atomic mass is 32.2. The number of ether oxygens (including phenoxy) is 2. The van der Waals surface area contributed by atoms with Gasteiger partial charge in [0.05, 0.1) is 25.4 Å². The Hall–Kier alpha value is -1.63. The van der Waals surface area contributed by atoms with Gasteiger partial charge in [0.25, 0.3) is 0 Å². The van der Waals surface area contributed by atoms with Crippen molar-refractivity contribution in [1.29, 1.82) is 0 Å². The molecule has 0 aliphatic carbocycles. The zero-order chi connectivity index (χ0) is 19.7. The number of hydrogen-bond donors (Lipinski definition) is 0. The maximum atomic E-state index is 13.0. The Labute approximate surface area is 166 Å². The van der Waals surface area contributed by atoms with Gasteiger partial charge < -0.3 is 9.47 Å². The summed E-state index contributed by atoms with van der Waals surface area (Å²) in [6, 6.07) is 7.84. The fraction of sp³-hybridized carbons (Fsp3) is 0.524. The Morgan fingerprint density at radius 1 is 1.22 bits per heavy atom. The van der Waals surface area contributed by atoms with E-state index in [0.717, 1.165) is 42.1 Å². The maximum absolute atomic E-state index is 13.0. The summed E-state index contributed by atoms with van der Waals surface area (Å²) in [5.41, 5.74) is 0.216. The van der Waals surface area contributed by atoms with Gasteiger partial charge in [-0.2, -0.15) is 0 Å². The fourth-order valence-electron chi connectivity index (χ4n) is 2.95. The normalized spacial score (nSPS) is 15.3. The van der Waals surface area contributed by atoms with Crippen LogP contribution < -0.4 is 0 Å². The second-order valence-electron chi connectivity index (χ2n) is 6.94. The number of hydrogen-bond acceptors (Lipinski definition) is 6. The van der Waals surface area contributed by atoms with Gasteiger partial charge in [0.1, 0.15) is 0 Å². The Balaban J connectivity index is 1.79. The number of Topliss-reactive ketones (excluding diaryl/α,β-unsaturated/α-hetero) is 1. The van der Waals surface area contributed by atoms with Crippen molar-refractivity contribution in [2.45, 2.75) is 37.1 Å². The molecule has 148 valence electrons. The Morgan fingerprint density at radius 3 is 2.52 bits per heavy atom. The van der Waals surface area contributed by atoms with Crippen molar-refractivity contribution in [3.63, 3.8) is 0 Å². The molecule has 1 fully saturated rings. The van der Waals surface area contributed by atoms with Crippen LogP contribution in [0.15, 0.2) is 41.8 Å². The minimum atomic E-state index is -0.526. The topological polar surface area (TPSA) is 55.8 Å². The third-order valence-electron chi connectivity index (χ3n) is 4.69. The van der Waals surface area contributed by atoms with Crippen LogP contribution in [0.3, 0.4) is 0 Å². The lowest BCUT2D eigenvalue weighted by Crippen LogP contribution is -2.54. The van der Waals surface area contributed by atoms with Gasteiger partial charge in [0, 0.05) is 29.6 Å². The molecule has 0 aromatic heterocycles. The van der Waals surface area contributed by atoms with Gasteiger partial charge in [0.2, 0.25) is 0 Å². The first-order valence-corrected chi connectivity index (χ1v) is 10.3. The summed E-state index contributed by atoms with van der Waals surface area (Å²) in [4.78, 5) is 27.2. The molecule has 6 heteroatoms. The molecule has 0 N–H and O–H groups in total. The van der Waals surface area contributed by atoms with E-state index in [-0.39, 0.29) is 11.8 Å². The van der Waals surface area contributed by atoms with E-state index < -0.39 is 5.54 Å². The van der Waals surface area contributed by atoms with Crippen LogP contribution in [0, 0.1) is 0 Å². The van der Waals surface area contributed by atoms with Crippen molar-refractivity contribution in [3.05, 3.63) is 42.5 Å². The fourth-order valence-corrected chi connectivity index (χ4v) is 3.86. The maximum Gasteiger partial charge on any atom is 0.330 e. The summed E-state index contributed by atoms with van der Waals surface area (Å²) in [6.07, 6.45) is 2.97. The number of unbranched alkanes of at least 4 members (excludes halogenated alkanes) is 1. The molecule has 0 unspecified atom stereocenters. The van der Waals surface area contributed by atoms with Crippen molar-refractivity contribution in [1.82, 2.24) is 4.90 Å². The SMILES string of the molecule is C=CC(=O)OCCCCSc1ccc(C(=O)C(C)(C)N2CCOCC2)cc1. The molecular formula is C21H29NO4S. The number of esters is 1. The summed E-state index contributed by atoms with van der Waals surface area (Å²) in [5.74, 6) is 0.714. The molecule has 0 amide bonds. The molecule has 2 rings (SSSR count). The third-order valence-corrected chi connectivity index (χ3v) is 5.79. The smallest absolute Gasteiger partial charge is 0.330 e. The first kappa shape index (κ1) is 21.7. The quantitative estimate of drug-likeness (QED) is 0.200. The predicted octanol–water partition coefficient (Wildman–Crippen LogP) is 3.58. The molecule has 1 aliphatic heterocycles. The number of nitrogens with zero attached hydrogens (tertiary/aromatic N) is 1. The van der Waals surface area contributed by atoms with Gasteiger partial charge in [-0.15, -0.1) is 11.8 Å². The lowest BCUT2D eigenvalue weighted by atomic mass is 9.91. The third kappa shape index (κ3) is 6.48. The summed E-state index contributed by atoms with van der Waals surface area (Å²) in [7, 11) is 0. The standard InChI is InChI=1S/C21H29NO4S/c1-4-19(23)26-13-5-6-16-27-18-9-7-17(8-10-18)20(24)21(2,3)22-11-14-25-15-12-22/h4,7-10H,1,5-6,11-16H2,2-3H3. The van der Waals surface area contributed by atoms with Crippen LogP contribution >= 0.6 is 11.8 Å². The Bertz CT molecular complexity index is 636. The monoisotopic (exact) mass is 391 g/mol. The zero-order valence-corrected chi connectivity index (χ0v) is 17.1. The average molecular weight is 392 g/mol. The van der Waals surface area contributed by atoms with E-state index >= 15 is 0 Å². The summed E-state index contributed by atoms with van der Waals surface area (Å²) in [6.45, 7) is 10.7. The molecule has 5 nitrogen and oxygen atoms in total. The molecular weight excluding hydrogens is 362 g/mol. The molecule has 1 aromatic carbocycles. The zero-order valence-electron chi connectivity index (χ0n) is 16.2. The highest BCUT2D eigenvalue weighted by Crippen LogP contribution is 2.24. The lowest BCUT2D eigenvalue weighted by molar-refractivity contribution is -0.137. The molecule has 0 saturated carbocycles. The van der Waals surface area contributed by atoms with Gasteiger partial charge in [-0.3, -0.25) is 9.69 Å². The molecule has 1 aromatic rings. The van der Waals surface area contributed by atoms with Gasteiger partial charge in [-0.1, -0.05) is 18.7 Å². The summed E-state index contributed by atoms with van der Waals surface area (Å²) in [5, 5.41) is 0. The number of morpholine rings is 1. The van der Waals surface area contributed by atoms with Crippen molar-refractivity contribution < 1.29 is 19.1 Å². The van der Waals surface area contributed by atoms with E-state index in [9.17, 15) is 9.59 Å².